The van der Waals surface area contributed by atoms with E-state index in [1.54, 1.807) is 30.3 Å². The van der Waals surface area contributed by atoms with Gasteiger partial charge in [-0.2, -0.15) is 0 Å². The Morgan fingerprint density at radius 3 is 2.47 bits per heavy atom. The van der Waals surface area contributed by atoms with Crippen LogP contribution in [0.15, 0.2) is 42.5 Å². The molecule has 2 aromatic carbocycles. The smallest absolute Gasteiger partial charge is 0.248 e. The fourth-order valence-corrected chi connectivity index (χ4v) is 1.61. The average molecular weight is 260 g/mol. The van der Waals surface area contributed by atoms with Crippen LogP contribution in [0.3, 0.4) is 0 Å². The van der Waals surface area contributed by atoms with Crippen molar-refractivity contribution < 1.29 is 14.3 Å². The number of hydrogen-bond acceptors (Lipinski definition) is 3. The molecule has 2 aromatic rings. The number of nitrogens with one attached hydrogen (secondary N) is 1. The second-order valence-electron chi connectivity index (χ2n) is 4.08. The number of amides is 1. The number of carbonyl (C=O) groups excluding carboxylic acids is 1. The van der Waals surface area contributed by atoms with Crippen LogP contribution in [-0.4, -0.2) is 11.0 Å². The molecule has 2 rings (SSSR count). The molecule has 0 fully saturated rings. The number of anilines is 1. The molecule has 0 saturated heterocycles. The van der Waals surface area contributed by atoms with E-state index in [9.17, 15) is 9.18 Å². The van der Waals surface area contributed by atoms with Crippen LogP contribution in [0.2, 0.25) is 0 Å². The van der Waals surface area contributed by atoms with Gasteiger partial charge in [0.25, 0.3) is 0 Å². The van der Waals surface area contributed by atoms with Gasteiger partial charge in [0.2, 0.25) is 5.91 Å². The van der Waals surface area contributed by atoms with Crippen molar-refractivity contribution in [1.82, 2.24) is 0 Å². The van der Waals surface area contributed by atoms with Crippen LogP contribution in [0, 0.1) is 5.82 Å². The Morgan fingerprint density at radius 2 is 1.89 bits per heavy atom. The van der Waals surface area contributed by atoms with E-state index < -0.39 is 11.7 Å². The van der Waals surface area contributed by atoms with Gasteiger partial charge in [0, 0.05) is 23.9 Å². The molecule has 4 N–H and O–H groups in total. The number of carbonyl (C=O) groups is 1. The summed E-state index contributed by atoms with van der Waals surface area (Å²) in [4.78, 5) is 10.9. The fraction of sp³-hybridized carbons (Fsp3) is 0.0714. The van der Waals surface area contributed by atoms with Crippen molar-refractivity contribution >= 4 is 11.6 Å². The lowest BCUT2D eigenvalue weighted by molar-refractivity contribution is 0.100. The molecular formula is C14H13FN2O2. The molecule has 0 spiro atoms. The van der Waals surface area contributed by atoms with E-state index in [2.05, 4.69) is 5.32 Å². The predicted octanol–water partition coefficient (Wildman–Crippen LogP) is 2.24. The van der Waals surface area contributed by atoms with Crippen LogP contribution in [0.25, 0.3) is 0 Å². The quantitative estimate of drug-likeness (QED) is 0.738. The Balaban J connectivity index is 2.01. The zero-order valence-electron chi connectivity index (χ0n) is 10.1. The number of nitrogens with two attached hydrogens (primary N) is 1. The van der Waals surface area contributed by atoms with Crippen LogP contribution in [-0.2, 0) is 6.54 Å². The Bertz CT molecular complexity index is 597. The Labute approximate surface area is 109 Å². The second kappa shape index (κ2) is 5.39. The van der Waals surface area contributed by atoms with Crippen molar-refractivity contribution in [3.8, 4) is 5.75 Å². The first kappa shape index (κ1) is 12.9. The molecule has 0 unspecified atom stereocenters. The van der Waals surface area contributed by atoms with Gasteiger partial charge in [-0.1, -0.05) is 12.1 Å². The van der Waals surface area contributed by atoms with E-state index in [1.807, 2.05) is 0 Å². The lowest BCUT2D eigenvalue weighted by Crippen LogP contribution is -2.10. The third kappa shape index (κ3) is 3.22. The Kier molecular flexibility index (Phi) is 3.66. The van der Waals surface area contributed by atoms with Gasteiger partial charge in [0.1, 0.15) is 0 Å². The summed E-state index contributed by atoms with van der Waals surface area (Å²) in [5.74, 6) is -1.52. The number of halogens is 1. The highest BCUT2D eigenvalue weighted by atomic mass is 19.1. The molecule has 4 nitrogen and oxygen atoms in total. The van der Waals surface area contributed by atoms with Crippen LogP contribution in [0.4, 0.5) is 10.1 Å². The minimum absolute atomic E-state index is 0.378. The van der Waals surface area contributed by atoms with Crippen LogP contribution >= 0.6 is 0 Å². The molecular weight excluding hydrogens is 247 g/mol. The molecule has 19 heavy (non-hydrogen) atoms. The van der Waals surface area contributed by atoms with Gasteiger partial charge >= 0.3 is 0 Å². The zero-order chi connectivity index (χ0) is 13.8. The fourth-order valence-electron chi connectivity index (χ4n) is 1.61. The number of hydrogen-bond donors (Lipinski definition) is 3. The SMILES string of the molecule is NC(=O)c1ccc(CNc2ccc(O)c(F)c2)cc1. The van der Waals surface area contributed by atoms with Crippen molar-refractivity contribution in [3.05, 3.63) is 59.4 Å². The molecule has 0 radical (unpaired) electrons. The van der Waals surface area contributed by atoms with E-state index in [-0.39, 0.29) is 5.75 Å². The molecule has 98 valence electrons. The van der Waals surface area contributed by atoms with Crippen molar-refractivity contribution in [3.63, 3.8) is 0 Å². The van der Waals surface area contributed by atoms with Gasteiger partial charge in [0.05, 0.1) is 0 Å². The topological polar surface area (TPSA) is 75.4 Å². The van der Waals surface area contributed by atoms with Gasteiger partial charge in [-0.3, -0.25) is 4.79 Å². The van der Waals surface area contributed by atoms with E-state index in [4.69, 9.17) is 10.8 Å². The molecule has 0 aliphatic rings. The maximum atomic E-state index is 13.1. The van der Waals surface area contributed by atoms with Crippen LogP contribution in [0.5, 0.6) is 5.75 Å². The third-order valence-corrected chi connectivity index (χ3v) is 2.68. The van der Waals surface area contributed by atoms with Crippen LogP contribution < -0.4 is 11.1 Å². The number of phenolic OH excluding ortho intramolecular Hbond substituents is 1. The zero-order valence-corrected chi connectivity index (χ0v) is 10.1. The van der Waals surface area contributed by atoms with Crippen molar-refractivity contribution in [2.24, 2.45) is 5.73 Å². The van der Waals surface area contributed by atoms with Gasteiger partial charge in [-0.05, 0) is 29.8 Å². The van der Waals surface area contributed by atoms with E-state index in [1.165, 1.54) is 12.1 Å². The highest BCUT2D eigenvalue weighted by Gasteiger charge is 2.02. The first-order chi connectivity index (χ1) is 9.06. The molecule has 0 heterocycles. The first-order valence-electron chi connectivity index (χ1n) is 5.67. The van der Waals surface area contributed by atoms with Crippen molar-refractivity contribution in [2.75, 3.05) is 5.32 Å². The minimum Gasteiger partial charge on any atom is -0.505 e. The Morgan fingerprint density at radius 1 is 1.21 bits per heavy atom. The maximum Gasteiger partial charge on any atom is 0.248 e. The van der Waals surface area contributed by atoms with E-state index in [0.29, 0.717) is 17.8 Å². The first-order valence-corrected chi connectivity index (χ1v) is 5.67. The van der Waals surface area contributed by atoms with E-state index in [0.717, 1.165) is 5.56 Å². The van der Waals surface area contributed by atoms with Crippen molar-refractivity contribution in [2.45, 2.75) is 6.54 Å². The second-order valence-corrected chi connectivity index (χ2v) is 4.08. The lowest BCUT2D eigenvalue weighted by Gasteiger charge is -2.07. The highest BCUT2D eigenvalue weighted by Crippen LogP contribution is 2.19. The summed E-state index contributed by atoms with van der Waals surface area (Å²) >= 11 is 0. The molecule has 0 aromatic heterocycles. The third-order valence-electron chi connectivity index (χ3n) is 2.68. The average Bonchev–Trinajstić information content (AvgIpc) is 2.40. The number of primary amides is 1. The summed E-state index contributed by atoms with van der Waals surface area (Å²) in [5.41, 5.74) is 7.08. The minimum atomic E-state index is -0.672. The molecule has 1 amide bonds. The van der Waals surface area contributed by atoms with Gasteiger partial charge in [-0.15, -0.1) is 0 Å². The number of benzene rings is 2. The standard InChI is InChI=1S/C14H13FN2O2/c15-12-7-11(5-6-13(12)18)17-8-9-1-3-10(4-2-9)14(16)19/h1-7,17-18H,8H2,(H2,16,19). The predicted molar refractivity (Wildman–Crippen MR) is 70.4 cm³/mol. The summed E-state index contributed by atoms with van der Waals surface area (Å²) in [6.07, 6.45) is 0. The summed E-state index contributed by atoms with van der Waals surface area (Å²) in [5, 5.41) is 12.1. The molecule has 0 atom stereocenters. The molecule has 0 aliphatic carbocycles. The number of aromatic hydroxyl groups is 1. The number of rotatable bonds is 4. The highest BCUT2D eigenvalue weighted by molar-refractivity contribution is 5.92. The lowest BCUT2D eigenvalue weighted by atomic mass is 10.1. The number of phenols is 1. The largest absolute Gasteiger partial charge is 0.505 e. The molecule has 0 bridgehead atoms. The van der Waals surface area contributed by atoms with Crippen molar-refractivity contribution in [1.29, 1.82) is 0 Å². The van der Waals surface area contributed by atoms with E-state index >= 15 is 0 Å². The molecule has 0 aliphatic heterocycles. The summed E-state index contributed by atoms with van der Waals surface area (Å²) in [7, 11) is 0. The monoisotopic (exact) mass is 260 g/mol. The molecule has 0 saturated carbocycles. The summed E-state index contributed by atoms with van der Waals surface area (Å²) in [6, 6.07) is 10.9. The maximum absolute atomic E-state index is 13.1. The summed E-state index contributed by atoms with van der Waals surface area (Å²) < 4.78 is 13.1. The summed E-state index contributed by atoms with van der Waals surface area (Å²) in [6.45, 7) is 0.475. The van der Waals surface area contributed by atoms with Crippen LogP contribution in [0.1, 0.15) is 15.9 Å². The van der Waals surface area contributed by atoms with Gasteiger partial charge in [-0.25, -0.2) is 4.39 Å². The van der Waals surface area contributed by atoms with Gasteiger partial charge < -0.3 is 16.2 Å². The van der Waals surface area contributed by atoms with Gasteiger partial charge in [0.15, 0.2) is 11.6 Å². The molecule has 5 heteroatoms. The normalized spacial score (nSPS) is 10.2. The Hall–Kier alpha value is -2.56.